The van der Waals surface area contributed by atoms with E-state index in [0.717, 1.165) is 11.5 Å². The Bertz CT molecular complexity index is 142. The van der Waals surface area contributed by atoms with E-state index in [-0.39, 0.29) is 0 Å². The molecule has 3 rings (SSSR count). The third-order valence-corrected chi connectivity index (χ3v) is 0.902. The summed E-state index contributed by atoms with van der Waals surface area (Å²) in [5.74, 6) is 1.00. The molecule has 2 bridgehead atoms. The van der Waals surface area contributed by atoms with Crippen LogP contribution in [0.2, 0.25) is 0 Å². The third kappa shape index (κ3) is 0.105. The highest BCUT2D eigenvalue weighted by Crippen LogP contribution is 2.14. The summed E-state index contributed by atoms with van der Waals surface area (Å²) in [4.78, 5) is 6.87. The van der Waals surface area contributed by atoms with Gasteiger partial charge in [-0.3, -0.25) is 0 Å². The molecule has 1 radical (unpaired) electrons. The lowest BCUT2D eigenvalue weighted by Gasteiger charge is -1.94. The van der Waals surface area contributed by atoms with Gasteiger partial charge in [0, 0.05) is 6.20 Å². The lowest BCUT2D eigenvalue weighted by Crippen LogP contribution is -1.94. The number of fused-ring (bicyclic) bond motifs is 1. The van der Waals surface area contributed by atoms with E-state index in [0.29, 0.717) is 0 Å². The number of aromatic nitrogens is 2. The Morgan fingerprint density at radius 2 is 2.50 bits per heavy atom. The van der Waals surface area contributed by atoms with Gasteiger partial charge in [-0.1, -0.05) is 0 Å². The first-order chi connectivity index (χ1) is 2.95. The van der Waals surface area contributed by atoms with E-state index in [1.807, 2.05) is 12.6 Å². The van der Waals surface area contributed by atoms with Crippen LogP contribution in [0.3, 0.4) is 0 Å². The molecule has 29 valence electrons. The van der Waals surface area contributed by atoms with Gasteiger partial charge in [-0.2, -0.15) is 0 Å². The number of nitrogens with one attached hydrogen (secondary N) is 1. The van der Waals surface area contributed by atoms with E-state index >= 15 is 0 Å². The van der Waals surface area contributed by atoms with Crippen LogP contribution in [0.1, 0.15) is 11.5 Å². The van der Waals surface area contributed by atoms with Crippen molar-refractivity contribution in [1.82, 2.24) is 9.97 Å². The second kappa shape index (κ2) is 0.511. The van der Waals surface area contributed by atoms with Gasteiger partial charge in [0.15, 0.2) is 0 Å². The summed E-state index contributed by atoms with van der Waals surface area (Å²) in [5, 5.41) is 0. The lowest BCUT2D eigenvalue weighted by molar-refractivity contribution is 1.07. The second-order valence-electron chi connectivity index (χ2n) is 1.35. The molecule has 3 heterocycles. The summed E-state index contributed by atoms with van der Waals surface area (Å²) in [6, 6.07) is 0. The molecule has 0 saturated heterocycles. The standard InChI is InChI=1S/C4H3N2/c1-3-2-5-4(1)6-3/h1-2H,(H,5,6). The molecule has 0 aromatic carbocycles. The predicted octanol–water partition coefficient (Wildman–Crippen LogP) is 0.324. The Labute approximate surface area is 35.2 Å². The molecule has 0 unspecified atom stereocenters. The molecule has 2 aliphatic heterocycles. The highest BCUT2D eigenvalue weighted by atomic mass is 15.0. The summed E-state index contributed by atoms with van der Waals surface area (Å²) in [7, 11) is 0. The van der Waals surface area contributed by atoms with E-state index in [4.69, 9.17) is 0 Å². The Morgan fingerprint density at radius 3 is 2.67 bits per heavy atom. The van der Waals surface area contributed by atoms with Crippen LogP contribution in [-0.4, -0.2) is 9.97 Å². The fraction of sp³-hybridized carbons (Fsp3) is 0. The maximum absolute atomic E-state index is 3.94. The fourth-order valence-electron chi connectivity index (χ4n) is 0.573. The first-order valence-corrected chi connectivity index (χ1v) is 1.85. The van der Waals surface area contributed by atoms with Crippen LogP contribution in [0.4, 0.5) is 0 Å². The highest BCUT2D eigenvalue weighted by Gasteiger charge is 2.11. The molecule has 0 spiro atoms. The summed E-state index contributed by atoms with van der Waals surface area (Å²) < 4.78 is 0. The minimum absolute atomic E-state index is 1.00. The maximum atomic E-state index is 3.94. The van der Waals surface area contributed by atoms with Gasteiger partial charge in [-0.15, -0.1) is 0 Å². The predicted molar refractivity (Wildman–Crippen MR) is 21.1 cm³/mol. The van der Waals surface area contributed by atoms with E-state index in [9.17, 15) is 0 Å². The van der Waals surface area contributed by atoms with Crippen molar-refractivity contribution in [2.24, 2.45) is 0 Å². The molecule has 6 heavy (non-hydrogen) atoms. The van der Waals surface area contributed by atoms with Crippen molar-refractivity contribution in [2.75, 3.05) is 0 Å². The highest BCUT2D eigenvalue weighted by molar-refractivity contribution is 5.32. The van der Waals surface area contributed by atoms with E-state index in [2.05, 4.69) is 9.97 Å². The molecule has 2 heteroatoms. The quantitative estimate of drug-likeness (QED) is 0.484. The number of hydrogen-bond acceptors (Lipinski definition) is 1. The van der Waals surface area contributed by atoms with Gasteiger partial charge >= 0.3 is 0 Å². The van der Waals surface area contributed by atoms with Gasteiger partial charge in [0.25, 0.3) is 0 Å². The maximum Gasteiger partial charge on any atom is 0.116 e. The topological polar surface area (TPSA) is 28.7 Å². The summed E-state index contributed by atoms with van der Waals surface area (Å²) >= 11 is 0. The van der Waals surface area contributed by atoms with Crippen molar-refractivity contribution in [3.05, 3.63) is 24.1 Å². The number of hydrogen-bond donors (Lipinski definition) is 1. The molecule has 0 aliphatic carbocycles. The summed E-state index contributed by atoms with van der Waals surface area (Å²) in [6.07, 6.45) is 3.88. The second-order valence-corrected chi connectivity index (χ2v) is 1.35. The molecule has 2 nitrogen and oxygen atoms in total. The van der Waals surface area contributed by atoms with Crippen molar-refractivity contribution >= 4 is 0 Å². The van der Waals surface area contributed by atoms with Gasteiger partial charge < -0.3 is 4.98 Å². The van der Waals surface area contributed by atoms with Crippen molar-refractivity contribution in [2.45, 2.75) is 0 Å². The minimum Gasteiger partial charge on any atom is -0.348 e. The number of imidazole rings is 1. The van der Waals surface area contributed by atoms with Gasteiger partial charge in [-0.05, 0) is 0 Å². The van der Waals surface area contributed by atoms with Crippen LogP contribution in [0, 0.1) is 6.42 Å². The first-order valence-electron chi connectivity index (χ1n) is 1.85. The Balaban J connectivity index is 2.95. The molecule has 0 atom stereocenters. The van der Waals surface area contributed by atoms with Gasteiger partial charge in [0.1, 0.15) is 5.82 Å². The number of nitrogens with zero attached hydrogens (tertiary/aromatic N) is 1. The zero-order valence-electron chi connectivity index (χ0n) is 3.10. The Morgan fingerprint density at radius 1 is 1.67 bits per heavy atom. The smallest absolute Gasteiger partial charge is 0.116 e. The van der Waals surface area contributed by atoms with Crippen LogP contribution in [-0.2, 0) is 0 Å². The molecule has 1 aromatic rings. The normalized spacial score (nSPS) is 14.0. The zero-order chi connectivity index (χ0) is 3.98. The summed E-state index contributed by atoms with van der Waals surface area (Å²) in [6.45, 7) is 0. The average molecular weight is 79.1 g/mol. The molecule has 2 aliphatic rings. The van der Waals surface area contributed by atoms with Crippen LogP contribution in [0.5, 0.6) is 0 Å². The van der Waals surface area contributed by atoms with Crippen molar-refractivity contribution in [1.29, 1.82) is 0 Å². The van der Waals surface area contributed by atoms with Gasteiger partial charge in [-0.25, -0.2) is 4.98 Å². The van der Waals surface area contributed by atoms with Crippen molar-refractivity contribution < 1.29 is 0 Å². The molecular formula is C4H3N2. The van der Waals surface area contributed by atoms with Crippen molar-refractivity contribution in [3.63, 3.8) is 0 Å². The first kappa shape index (κ1) is 2.39. The monoisotopic (exact) mass is 79.0 g/mol. The molecule has 0 fully saturated rings. The Kier molecular flexibility index (Phi) is 0.204. The molecule has 1 aromatic heterocycles. The summed E-state index contributed by atoms with van der Waals surface area (Å²) in [5.41, 5.74) is 1.07. The van der Waals surface area contributed by atoms with Gasteiger partial charge in [0.05, 0.1) is 12.1 Å². The van der Waals surface area contributed by atoms with Crippen LogP contribution in [0.25, 0.3) is 0 Å². The number of H-pyrrole nitrogens is 1. The molecule has 0 amide bonds. The SMILES string of the molecule is [CH]1c2c[nH]c1n2. The van der Waals surface area contributed by atoms with Crippen LogP contribution >= 0.6 is 0 Å². The number of aromatic amines is 1. The van der Waals surface area contributed by atoms with E-state index in [1.165, 1.54) is 0 Å². The lowest BCUT2D eigenvalue weighted by atomic mass is 10.3. The minimum atomic E-state index is 1.00. The number of rotatable bonds is 0. The fourth-order valence-corrected chi connectivity index (χ4v) is 0.573. The van der Waals surface area contributed by atoms with Crippen molar-refractivity contribution in [3.8, 4) is 0 Å². The zero-order valence-corrected chi connectivity index (χ0v) is 3.10. The largest absolute Gasteiger partial charge is 0.348 e. The van der Waals surface area contributed by atoms with E-state index in [1.54, 1.807) is 0 Å². The third-order valence-electron chi connectivity index (χ3n) is 0.902. The average Bonchev–Trinajstić information content (AvgIpc) is 1.72. The van der Waals surface area contributed by atoms with Crippen LogP contribution < -0.4 is 0 Å². The van der Waals surface area contributed by atoms with Crippen LogP contribution in [0.15, 0.2) is 6.20 Å². The van der Waals surface area contributed by atoms with Gasteiger partial charge in [0.2, 0.25) is 0 Å². The molecule has 0 saturated carbocycles. The molecular weight excluding hydrogens is 76.1 g/mol. The molecule has 1 N–H and O–H groups in total. The van der Waals surface area contributed by atoms with E-state index < -0.39 is 0 Å². The Hall–Kier alpha value is -0.790.